The molecule has 1 aromatic rings. The number of hydrogen-bond acceptors (Lipinski definition) is 4. The minimum absolute atomic E-state index is 0.0515. The van der Waals surface area contributed by atoms with Crippen molar-refractivity contribution in [1.29, 1.82) is 0 Å². The molecule has 0 aromatic heterocycles. The van der Waals surface area contributed by atoms with Crippen molar-refractivity contribution < 1.29 is 13.2 Å². The lowest BCUT2D eigenvalue weighted by atomic mass is 10.1. The number of sulfone groups is 1. The Hall–Kier alpha value is -0.620. The average molecular weight is 318 g/mol. The van der Waals surface area contributed by atoms with Crippen molar-refractivity contribution in [2.24, 2.45) is 0 Å². The molecule has 2 unspecified atom stereocenters. The molecule has 1 aliphatic heterocycles. The summed E-state index contributed by atoms with van der Waals surface area (Å²) >= 11 is 5.81. The first-order chi connectivity index (χ1) is 9.55. The minimum atomic E-state index is -3.40. The third-order valence-corrected chi connectivity index (χ3v) is 5.94. The van der Waals surface area contributed by atoms with Crippen LogP contribution in [0.15, 0.2) is 29.2 Å². The second kappa shape index (κ2) is 6.89. The Kier molecular flexibility index (Phi) is 5.43. The Morgan fingerprint density at radius 2 is 2.05 bits per heavy atom. The Bertz CT molecular complexity index is 530. The number of nitrogens with one attached hydrogen (secondary N) is 1. The fourth-order valence-electron chi connectivity index (χ4n) is 2.38. The van der Waals surface area contributed by atoms with Crippen LogP contribution in [0.25, 0.3) is 0 Å². The quantitative estimate of drug-likeness (QED) is 0.905. The van der Waals surface area contributed by atoms with Gasteiger partial charge in [-0.25, -0.2) is 8.42 Å². The molecule has 1 fully saturated rings. The van der Waals surface area contributed by atoms with Crippen LogP contribution in [0.2, 0.25) is 5.02 Å². The van der Waals surface area contributed by atoms with E-state index in [1.165, 1.54) is 0 Å². The number of ether oxygens (including phenoxy) is 1. The topological polar surface area (TPSA) is 55.4 Å². The highest BCUT2D eigenvalue weighted by Crippen LogP contribution is 2.24. The number of rotatable bonds is 5. The van der Waals surface area contributed by atoms with Crippen LogP contribution in [0.1, 0.15) is 19.8 Å². The Morgan fingerprint density at radius 3 is 2.70 bits per heavy atom. The summed E-state index contributed by atoms with van der Waals surface area (Å²) in [4.78, 5) is 0.306. The van der Waals surface area contributed by atoms with Crippen LogP contribution in [-0.2, 0) is 14.6 Å². The lowest BCUT2D eigenvalue weighted by molar-refractivity contribution is 0.0808. The summed E-state index contributed by atoms with van der Waals surface area (Å²) in [6.45, 7) is 3.73. The molecule has 20 heavy (non-hydrogen) atoms. The molecule has 4 nitrogen and oxygen atoms in total. The Morgan fingerprint density at radius 1 is 1.35 bits per heavy atom. The van der Waals surface area contributed by atoms with E-state index >= 15 is 0 Å². The molecule has 0 saturated carbocycles. The van der Waals surface area contributed by atoms with E-state index in [1.54, 1.807) is 24.3 Å². The van der Waals surface area contributed by atoms with Gasteiger partial charge in [0.1, 0.15) is 5.25 Å². The largest absolute Gasteiger partial charge is 0.380 e. The van der Waals surface area contributed by atoms with Crippen molar-refractivity contribution in [2.75, 3.05) is 19.8 Å². The molecule has 6 heteroatoms. The zero-order chi connectivity index (χ0) is 14.6. The fraction of sp³-hybridized carbons (Fsp3) is 0.571. The van der Waals surface area contributed by atoms with Gasteiger partial charge in [-0.2, -0.15) is 0 Å². The molecule has 2 atom stereocenters. The van der Waals surface area contributed by atoms with Crippen molar-refractivity contribution >= 4 is 21.4 Å². The zero-order valence-corrected chi connectivity index (χ0v) is 13.1. The van der Waals surface area contributed by atoms with Gasteiger partial charge in [-0.3, -0.25) is 0 Å². The first kappa shape index (κ1) is 15.8. The van der Waals surface area contributed by atoms with Crippen LogP contribution < -0.4 is 5.32 Å². The van der Waals surface area contributed by atoms with E-state index in [1.807, 2.05) is 0 Å². The SMILES string of the molecule is CCCNC1CCOCC1S(=O)(=O)c1ccc(Cl)cc1. The summed E-state index contributed by atoms with van der Waals surface area (Å²) in [5.74, 6) is 0. The van der Waals surface area contributed by atoms with Crippen LogP contribution in [0, 0.1) is 0 Å². The zero-order valence-electron chi connectivity index (χ0n) is 11.5. The molecule has 1 saturated heterocycles. The summed E-state index contributed by atoms with van der Waals surface area (Å²) in [5, 5.41) is 3.32. The molecule has 0 amide bonds. The normalized spacial score (nSPS) is 23.7. The van der Waals surface area contributed by atoms with E-state index in [4.69, 9.17) is 16.3 Å². The van der Waals surface area contributed by atoms with Crippen molar-refractivity contribution in [3.05, 3.63) is 29.3 Å². The third-order valence-electron chi connectivity index (χ3n) is 3.50. The third kappa shape index (κ3) is 3.52. The van der Waals surface area contributed by atoms with Gasteiger partial charge in [0.15, 0.2) is 9.84 Å². The van der Waals surface area contributed by atoms with Gasteiger partial charge in [0.25, 0.3) is 0 Å². The lowest BCUT2D eigenvalue weighted by Crippen LogP contribution is -2.50. The van der Waals surface area contributed by atoms with Gasteiger partial charge in [-0.1, -0.05) is 18.5 Å². The van der Waals surface area contributed by atoms with Crippen LogP contribution in [-0.4, -0.2) is 39.5 Å². The summed E-state index contributed by atoms with van der Waals surface area (Å²) in [6, 6.07) is 6.27. The summed E-state index contributed by atoms with van der Waals surface area (Å²) in [5.41, 5.74) is 0. The molecule has 112 valence electrons. The summed E-state index contributed by atoms with van der Waals surface area (Å²) in [7, 11) is -3.40. The van der Waals surface area contributed by atoms with Crippen LogP contribution in [0.4, 0.5) is 0 Å². The highest BCUT2D eigenvalue weighted by Gasteiger charge is 2.36. The molecule has 0 aliphatic carbocycles. The van der Waals surface area contributed by atoms with Gasteiger partial charge in [-0.05, 0) is 43.7 Å². The van der Waals surface area contributed by atoms with Gasteiger partial charge in [0.05, 0.1) is 11.5 Å². The van der Waals surface area contributed by atoms with Crippen molar-refractivity contribution in [2.45, 2.75) is 36.0 Å². The van der Waals surface area contributed by atoms with E-state index in [2.05, 4.69) is 12.2 Å². The van der Waals surface area contributed by atoms with Crippen molar-refractivity contribution in [3.63, 3.8) is 0 Å². The number of benzene rings is 1. The fourth-order valence-corrected chi connectivity index (χ4v) is 4.31. The smallest absolute Gasteiger partial charge is 0.185 e. The van der Waals surface area contributed by atoms with Gasteiger partial charge in [0, 0.05) is 17.7 Å². The molecular weight excluding hydrogens is 298 g/mol. The monoisotopic (exact) mass is 317 g/mol. The van der Waals surface area contributed by atoms with Crippen molar-refractivity contribution in [3.8, 4) is 0 Å². The molecular formula is C14H20ClNO3S. The van der Waals surface area contributed by atoms with E-state index in [9.17, 15) is 8.42 Å². The first-order valence-corrected chi connectivity index (χ1v) is 8.78. The van der Waals surface area contributed by atoms with Crippen LogP contribution >= 0.6 is 11.6 Å². The molecule has 1 N–H and O–H groups in total. The van der Waals surface area contributed by atoms with E-state index in [0.717, 1.165) is 19.4 Å². The first-order valence-electron chi connectivity index (χ1n) is 6.86. The van der Waals surface area contributed by atoms with E-state index < -0.39 is 15.1 Å². The standard InChI is InChI=1S/C14H20ClNO3S/c1-2-8-16-13-7-9-19-10-14(13)20(17,18)12-5-3-11(15)4-6-12/h3-6,13-14,16H,2,7-10H2,1H3. The summed E-state index contributed by atoms with van der Waals surface area (Å²) < 4.78 is 30.8. The Balaban J connectivity index is 2.23. The van der Waals surface area contributed by atoms with Gasteiger partial charge >= 0.3 is 0 Å². The molecule has 0 radical (unpaired) electrons. The predicted octanol–water partition coefficient (Wildman–Crippen LogP) is 2.27. The number of halogens is 1. The van der Waals surface area contributed by atoms with Gasteiger partial charge in [0.2, 0.25) is 0 Å². The minimum Gasteiger partial charge on any atom is -0.380 e. The van der Waals surface area contributed by atoms with Gasteiger partial charge in [-0.15, -0.1) is 0 Å². The molecule has 0 spiro atoms. The molecule has 1 aromatic carbocycles. The Labute approximate surface area is 125 Å². The molecule has 0 bridgehead atoms. The lowest BCUT2D eigenvalue weighted by Gasteiger charge is -2.32. The van der Waals surface area contributed by atoms with Crippen LogP contribution in [0.3, 0.4) is 0 Å². The summed E-state index contributed by atoms with van der Waals surface area (Å²) in [6.07, 6.45) is 1.70. The van der Waals surface area contributed by atoms with Crippen molar-refractivity contribution in [1.82, 2.24) is 5.32 Å². The second-order valence-electron chi connectivity index (χ2n) is 4.96. The molecule has 1 aliphatic rings. The number of hydrogen-bond donors (Lipinski definition) is 1. The maximum Gasteiger partial charge on any atom is 0.185 e. The average Bonchev–Trinajstić information content (AvgIpc) is 2.46. The highest BCUT2D eigenvalue weighted by molar-refractivity contribution is 7.92. The predicted molar refractivity (Wildman–Crippen MR) is 79.9 cm³/mol. The second-order valence-corrected chi connectivity index (χ2v) is 7.56. The molecule has 1 heterocycles. The van der Waals surface area contributed by atoms with E-state index in [-0.39, 0.29) is 12.6 Å². The maximum absolute atomic E-state index is 12.7. The van der Waals surface area contributed by atoms with Crippen LogP contribution in [0.5, 0.6) is 0 Å². The molecule has 2 rings (SSSR count). The maximum atomic E-state index is 12.7. The highest BCUT2D eigenvalue weighted by atomic mass is 35.5. The van der Waals surface area contributed by atoms with Gasteiger partial charge < -0.3 is 10.1 Å². The van der Waals surface area contributed by atoms with E-state index in [0.29, 0.717) is 16.5 Å².